The molecule has 0 aliphatic heterocycles. The molecule has 0 saturated carbocycles. The fourth-order valence-electron chi connectivity index (χ4n) is 1.55. The Labute approximate surface area is 111 Å². The summed E-state index contributed by atoms with van der Waals surface area (Å²) in [6, 6.07) is 10.1. The summed E-state index contributed by atoms with van der Waals surface area (Å²) in [7, 11) is 1.97. The van der Waals surface area contributed by atoms with Gasteiger partial charge in [0.2, 0.25) is 0 Å². The number of aromatic nitrogens is 3. The molecule has 1 aromatic carbocycles. The monoisotopic (exact) mass is 254 g/mol. The van der Waals surface area contributed by atoms with Crippen LogP contribution in [0.2, 0.25) is 0 Å². The van der Waals surface area contributed by atoms with E-state index in [0.29, 0.717) is 6.42 Å². The number of nitrogens with zero attached hydrogens (tertiary/aromatic N) is 6. The lowest BCUT2D eigenvalue weighted by Gasteiger charge is -2.17. The lowest BCUT2D eigenvalue weighted by atomic mass is 10.2. The highest BCUT2D eigenvalue weighted by molar-refractivity contribution is 5.80. The summed E-state index contributed by atoms with van der Waals surface area (Å²) in [6.45, 7) is 0.727. The third-order valence-corrected chi connectivity index (χ3v) is 2.64. The van der Waals surface area contributed by atoms with Gasteiger partial charge >= 0.3 is 0 Å². The predicted molar refractivity (Wildman–Crippen MR) is 73.0 cm³/mol. The molecule has 0 aliphatic carbocycles. The maximum absolute atomic E-state index is 8.56. The van der Waals surface area contributed by atoms with Crippen LogP contribution >= 0.6 is 0 Å². The quantitative estimate of drug-likeness (QED) is 0.758. The summed E-state index contributed by atoms with van der Waals surface area (Å²) in [5.41, 5.74) is 2.07. The van der Waals surface area contributed by atoms with Crippen molar-refractivity contribution in [3.05, 3.63) is 42.5 Å². The van der Waals surface area contributed by atoms with Crippen LogP contribution in [0.25, 0.3) is 0 Å². The molecule has 0 atom stereocenters. The first kappa shape index (κ1) is 12.8. The molecule has 0 radical (unpaired) electrons. The second kappa shape index (κ2) is 6.31. The van der Waals surface area contributed by atoms with Crippen molar-refractivity contribution in [3.8, 4) is 6.07 Å². The standard InChI is InChI=1S/C13H14N6/c1-18(8-2-7-14)13-5-3-12(4-6-13)9-17-19-10-15-16-11-19/h3-6,9-11H,2,8H2,1H3/b17-9+. The summed E-state index contributed by atoms with van der Waals surface area (Å²) in [6.07, 6.45) is 5.32. The van der Waals surface area contributed by atoms with Gasteiger partial charge in [-0.1, -0.05) is 12.1 Å². The van der Waals surface area contributed by atoms with Crippen molar-refractivity contribution in [1.82, 2.24) is 14.9 Å². The van der Waals surface area contributed by atoms with Gasteiger partial charge in [-0.2, -0.15) is 10.4 Å². The fraction of sp³-hybridized carbons (Fsp3) is 0.231. The van der Waals surface area contributed by atoms with Crippen LogP contribution in [0.15, 0.2) is 42.0 Å². The molecule has 19 heavy (non-hydrogen) atoms. The zero-order valence-corrected chi connectivity index (χ0v) is 10.6. The Balaban J connectivity index is 2.00. The van der Waals surface area contributed by atoms with Gasteiger partial charge in [-0.05, 0) is 17.7 Å². The van der Waals surface area contributed by atoms with Gasteiger partial charge in [-0.3, -0.25) is 0 Å². The van der Waals surface area contributed by atoms with Crippen molar-refractivity contribution in [3.63, 3.8) is 0 Å². The number of hydrogen-bond acceptors (Lipinski definition) is 5. The largest absolute Gasteiger partial charge is 0.374 e. The van der Waals surface area contributed by atoms with E-state index in [2.05, 4.69) is 21.4 Å². The normalized spacial score (nSPS) is 10.5. The van der Waals surface area contributed by atoms with Crippen molar-refractivity contribution in [1.29, 1.82) is 5.26 Å². The van der Waals surface area contributed by atoms with Crippen LogP contribution < -0.4 is 4.90 Å². The number of hydrogen-bond donors (Lipinski definition) is 0. The van der Waals surface area contributed by atoms with E-state index >= 15 is 0 Å². The lowest BCUT2D eigenvalue weighted by molar-refractivity contribution is 0.878. The van der Waals surface area contributed by atoms with Gasteiger partial charge in [0.05, 0.1) is 18.7 Å². The summed E-state index contributed by atoms with van der Waals surface area (Å²) < 4.78 is 1.53. The van der Waals surface area contributed by atoms with E-state index in [1.165, 1.54) is 17.3 Å². The van der Waals surface area contributed by atoms with Crippen molar-refractivity contribution in [2.45, 2.75) is 6.42 Å². The smallest absolute Gasteiger partial charge is 0.141 e. The summed E-state index contributed by atoms with van der Waals surface area (Å²) >= 11 is 0. The zero-order chi connectivity index (χ0) is 13.5. The van der Waals surface area contributed by atoms with Gasteiger partial charge in [0.15, 0.2) is 0 Å². The number of nitriles is 1. The second-order valence-electron chi connectivity index (χ2n) is 4.01. The van der Waals surface area contributed by atoms with Crippen molar-refractivity contribution in [2.75, 3.05) is 18.5 Å². The molecule has 0 amide bonds. The number of benzene rings is 1. The molecule has 0 fully saturated rings. The molecule has 0 unspecified atom stereocenters. The van der Waals surface area contributed by atoms with E-state index in [4.69, 9.17) is 5.26 Å². The van der Waals surface area contributed by atoms with E-state index in [1.807, 2.05) is 36.2 Å². The Morgan fingerprint density at radius 3 is 2.63 bits per heavy atom. The van der Waals surface area contributed by atoms with Crippen molar-refractivity contribution < 1.29 is 0 Å². The van der Waals surface area contributed by atoms with E-state index in [9.17, 15) is 0 Å². The Morgan fingerprint density at radius 2 is 2.00 bits per heavy atom. The van der Waals surface area contributed by atoms with E-state index in [0.717, 1.165) is 17.8 Å². The summed E-state index contributed by atoms with van der Waals surface area (Å²) in [5.74, 6) is 0. The molecular formula is C13H14N6. The molecule has 0 saturated heterocycles. The molecule has 0 bridgehead atoms. The van der Waals surface area contributed by atoms with Crippen LogP contribution in [0, 0.1) is 11.3 Å². The van der Waals surface area contributed by atoms with Crippen LogP contribution in [0.5, 0.6) is 0 Å². The maximum atomic E-state index is 8.56. The Hall–Kier alpha value is -2.68. The molecule has 1 heterocycles. The molecule has 0 spiro atoms. The Kier molecular flexibility index (Phi) is 4.24. The average molecular weight is 254 g/mol. The molecule has 2 rings (SSSR count). The third-order valence-electron chi connectivity index (χ3n) is 2.64. The second-order valence-corrected chi connectivity index (χ2v) is 4.01. The Morgan fingerprint density at radius 1 is 1.32 bits per heavy atom. The van der Waals surface area contributed by atoms with Crippen molar-refractivity contribution >= 4 is 11.9 Å². The van der Waals surface area contributed by atoms with Crippen molar-refractivity contribution in [2.24, 2.45) is 5.10 Å². The van der Waals surface area contributed by atoms with Gasteiger partial charge in [-0.25, -0.2) is 4.68 Å². The Bertz CT molecular complexity index is 564. The SMILES string of the molecule is CN(CCC#N)c1ccc(/C=N/n2cnnc2)cc1. The molecule has 1 aromatic heterocycles. The summed E-state index contributed by atoms with van der Waals surface area (Å²) in [4.78, 5) is 2.05. The molecule has 0 aliphatic rings. The first-order valence-corrected chi connectivity index (χ1v) is 5.87. The van der Waals surface area contributed by atoms with Crippen LogP contribution in [-0.2, 0) is 0 Å². The molecule has 2 aromatic rings. The fourth-order valence-corrected chi connectivity index (χ4v) is 1.55. The van der Waals surface area contributed by atoms with E-state index < -0.39 is 0 Å². The van der Waals surface area contributed by atoms with Gasteiger partial charge in [0, 0.05) is 19.3 Å². The van der Waals surface area contributed by atoms with Gasteiger partial charge in [0.25, 0.3) is 0 Å². The topological polar surface area (TPSA) is 70.1 Å². The number of anilines is 1. The van der Waals surface area contributed by atoms with Gasteiger partial charge in [0.1, 0.15) is 12.7 Å². The highest BCUT2D eigenvalue weighted by Crippen LogP contribution is 2.13. The van der Waals surface area contributed by atoms with E-state index in [-0.39, 0.29) is 0 Å². The predicted octanol–water partition coefficient (Wildman–Crippen LogP) is 1.51. The van der Waals surface area contributed by atoms with Crippen LogP contribution in [0.3, 0.4) is 0 Å². The summed E-state index contributed by atoms with van der Waals surface area (Å²) in [5, 5.41) is 20.1. The minimum Gasteiger partial charge on any atom is -0.374 e. The zero-order valence-electron chi connectivity index (χ0n) is 10.6. The molecular weight excluding hydrogens is 240 g/mol. The van der Waals surface area contributed by atoms with Crippen LogP contribution in [-0.4, -0.2) is 34.7 Å². The maximum Gasteiger partial charge on any atom is 0.141 e. The minimum atomic E-state index is 0.521. The molecule has 0 N–H and O–H groups in total. The average Bonchev–Trinajstić information content (AvgIpc) is 2.96. The van der Waals surface area contributed by atoms with Gasteiger partial charge in [-0.15, -0.1) is 10.2 Å². The van der Waals surface area contributed by atoms with Crippen LogP contribution in [0.1, 0.15) is 12.0 Å². The highest BCUT2D eigenvalue weighted by Gasteiger charge is 1.99. The third kappa shape index (κ3) is 3.64. The molecule has 6 nitrogen and oxygen atoms in total. The van der Waals surface area contributed by atoms with E-state index in [1.54, 1.807) is 6.21 Å². The molecule has 96 valence electrons. The highest BCUT2D eigenvalue weighted by atomic mass is 15.4. The lowest BCUT2D eigenvalue weighted by Crippen LogP contribution is -2.17. The first-order chi connectivity index (χ1) is 9.29. The minimum absolute atomic E-state index is 0.521. The van der Waals surface area contributed by atoms with Crippen LogP contribution in [0.4, 0.5) is 5.69 Å². The van der Waals surface area contributed by atoms with Gasteiger partial charge < -0.3 is 4.90 Å². The molecule has 6 heteroatoms. The number of rotatable bonds is 5. The first-order valence-electron chi connectivity index (χ1n) is 5.87.